The minimum Gasteiger partial charge on any atom is -0.504 e. The summed E-state index contributed by atoms with van der Waals surface area (Å²) < 4.78 is 15.6. The zero-order valence-corrected chi connectivity index (χ0v) is 18.8. The summed E-state index contributed by atoms with van der Waals surface area (Å²) in [7, 11) is -0.953. The molecule has 0 radical (unpaired) electrons. The highest BCUT2D eigenvalue weighted by atomic mass is 35.5. The molecular formula is C19H20Cl2N6O2S. The number of aryl methyl sites for hydroxylation is 1. The van der Waals surface area contributed by atoms with Crippen LogP contribution in [0.25, 0.3) is 16.7 Å². The Balaban J connectivity index is 1.54. The van der Waals surface area contributed by atoms with Gasteiger partial charge in [0.25, 0.3) is 0 Å². The summed E-state index contributed by atoms with van der Waals surface area (Å²) in [5.41, 5.74) is 1.63. The zero-order chi connectivity index (χ0) is 21.2. The second-order valence-electron chi connectivity index (χ2n) is 7.82. The third kappa shape index (κ3) is 3.15. The summed E-state index contributed by atoms with van der Waals surface area (Å²) in [6.07, 6.45) is 5.67. The normalized spacial score (nSPS) is 19.5. The molecule has 30 heavy (non-hydrogen) atoms. The number of anilines is 1. The Morgan fingerprint density at radius 2 is 1.97 bits per heavy atom. The lowest BCUT2D eigenvalue weighted by Crippen LogP contribution is -2.55. The van der Waals surface area contributed by atoms with Gasteiger partial charge < -0.3 is 10.0 Å². The topological polar surface area (TPSA) is 87.4 Å². The molecule has 158 valence electrons. The Kier molecular flexibility index (Phi) is 4.70. The van der Waals surface area contributed by atoms with E-state index in [1.165, 1.54) is 6.07 Å². The SMILES string of the molecule is Cc1nn(-c2cc(Cl)c(O)c(Cl)n2)c2cnc(N3CCN(S(C)=O)CC34CC4)cc12. The molecule has 0 amide bonds. The molecule has 3 aromatic heterocycles. The molecule has 5 rings (SSSR count). The van der Waals surface area contributed by atoms with Crippen LogP contribution in [0.1, 0.15) is 18.5 Å². The standard InChI is InChI=1S/C19H20Cl2N6O2S/c1-11-12-7-15(26-6-5-25(30(2)29)10-19(26)3-4-19)22-9-14(12)27(24-11)16-8-13(20)17(28)18(21)23-16/h7-9,28H,3-6,10H2,1-2H3. The molecule has 3 aromatic rings. The Bertz CT molecular complexity index is 1170. The van der Waals surface area contributed by atoms with Gasteiger partial charge >= 0.3 is 0 Å². The molecular weight excluding hydrogens is 447 g/mol. The summed E-state index contributed by atoms with van der Waals surface area (Å²) >= 11 is 12.1. The maximum Gasteiger partial charge on any atom is 0.174 e. The molecule has 1 spiro atoms. The van der Waals surface area contributed by atoms with E-state index in [1.54, 1.807) is 17.1 Å². The first-order valence-electron chi connectivity index (χ1n) is 9.56. The van der Waals surface area contributed by atoms with Crippen molar-refractivity contribution in [2.45, 2.75) is 25.3 Å². The van der Waals surface area contributed by atoms with Gasteiger partial charge in [0, 0.05) is 37.3 Å². The van der Waals surface area contributed by atoms with Gasteiger partial charge in [-0.1, -0.05) is 23.2 Å². The van der Waals surface area contributed by atoms with E-state index in [4.69, 9.17) is 28.2 Å². The van der Waals surface area contributed by atoms with E-state index in [2.05, 4.69) is 21.0 Å². The first-order chi connectivity index (χ1) is 14.3. The van der Waals surface area contributed by atoms with Crippen LogP contribution >= 0.6 is 23.2 Å². The summed E-state index contributed by atoms with van der Waals surface area (Å²) in [5.74, 6) is 1.06. The van der Waals surface area contributed by atoms with E-state index in [1.807, 2.05) is 11.2 Å². The fraction of sp³-hybridized carbons (Fsp3) is 0.421. The number of nitrogens with zero attached hydrogens (tertiary/aromatic N) is 6. The number of fused-ring (bicyclic) bond motifs is 1. The third-order valence-corrected chi connectivity index (χ3v) is 7.52. The highest BCUT2D eigenvalue weighted by molar-refractivity contribution is 7.81. The molecule has 0 aromatic carbocycles. The van der Waals surface area contributed by atoms with Gasteiger partial charge in [-0.25, -0.2) is 23.2 Å². The molecule has 1 unspecified atom stereocenters. The van der Waals surface area contributed by atoms with Crippen molar-refractivity contribution in [1.82, 2.24) is 24.1 Å². The molecule has 1 aliphatic carbocycles. The van der Waals surface area contributed by atoms with E-state index >= 15 is 0 Å². The van der Waals surface area contributed by atoms with Gasteiger partial charge in [0.05, 0.1) is 39.0 Å². The van der Waals surface area contributed by atoms with E-state index < -0.39 is 11.0 Å². The lowest BCUT2D eigenvalue weighted by molar-refractivity contribution is 0.335. The highest BCUT2D eigenvalue weighted by Crippen LogP contribution is 2.46. The first-order valence-corrected chi connectivity index (χ1v) is 11.8. The van der Waals surface area contributed by atoms with Crippen molar-refractivity contribution in [3.8, 4) is 11.6 Å². The Hall–Kier alpha value is -1.94. The average molecular weight is 467 g/mol. The fourth-order valence-electron chi connectivity index (χ4n) is 4.14. The molecule has 1 atom stereocenters. The van der Waals surface area contributed by atoms with Crippen molar-refractivity contribution in [1.29, 1.82) is 0 Å². The Labute approximate surface area is 186 Å². The number of aromatic hydroxyl groups is 1. The van der Waals surface area contributed by atoms with Crippen LogP contribution in [-0.2, 0) is 11.0 Å². The Morgan fingerprint density at radius 3 is 2.63 bits per heavy atom. The highest BCUT2D eigenvalue weighted by Gasteiger charge is 2.52. The second-order valence-corrected chi connectivity index (χ2v) is 9.95. The van der Waals surface area contributed by atoms with Crippen molar-refractivity contribution in [2.24, 2.45) is 0 Å². The van der Waals surface area contributed by atoms with Crippen LogP contribution in [0.5, 0.6) is 5.75 Å². The quantitative estimate of drug-likeness (QED) is 0.596. The molecule has 1 aliphatic heterocycles. The maximum absolute atomic E-state index is 11.9. The number of pyridine rings is 2. The second kappa shape index (κ2) is 7.05. The van der Waals surface area contributed by atoms with Crippen LogP contribution < -0.4 is 4.90 Å². The van der Waals surface area contributed by atoms with Crippen LogP contribution in [0.4, 0.5) is 5.82 Å². The molecule has 8 nitrogen and oxygen atoms in total. The van der Waals surface area contributed by atoms with Crippen LogP contribution in [0.3, 0.4) is 0 Å². The number of halogens is 2. The van der Waals surface area contributed by atoms with Gasteiger partial charge in [0.2, 0.25) is 0 Å². The zero-order valence-electron chi connectivity index (χ0n) is 16.5. The predicted octanol–water partition coefficient (Wildman–Crippen LogP) is 3.08. The summed E-state index contributed by atoms with van der Waals surface area (Å²) in [6.45, 7) is 4.26. The molecule has 0 bridgehead atoms. The van der Waals surface area contributed by atoms with Crippen LogP contribution in [-0.4, -0.2) is 64.8 Å². The van der Waals surface area contributed by atoms with Crippen LogP contribution in [0, 0.1) is 6.92 Å². The summed E-state index contributed by atoms with van der Waals surface area (Å²) in [5, 5.41) is 15.4. The lowest BCUT2D eigenvalue weighted by Gasteiger charge is -2.41. The molecule has 1 N–H and O–H groups in total. The minimum absolute atomic E-state index is 0.0219. The summed E-state index contributed by atoms with van der Waals surface area (Å²) in [4.78, 5) is 11.3. The maximum atomic E-state index is 11.9. The van der Waals surface area contributed by atoms with Crippen molar-refractivity contribution in [3.63, 3.8) is 0 Å². The minimum atomic E-state index is -0.953. The summed E-state index contributed by atoms with van der Waals surface area (Å²) in [6, 6.07) is 3.57. The van der Waals surface area contributed by atoms with E-state index in [0.29, 0.717) is 5.82 Å². The number of aromatic nitrogens is 4. The van der Waals surface area contributed by atoms with Gasteiger partial charge in [-0.2, -0.15) is 5.10 Å². The fourth-order valence-corrected chi connectivity index (χ4v) is 5.33. The number of hydrogen-bond acceptors (Lipinski definition) is 6. The monoisotopic (exact) mass is 466 g/mol. The van der Waals surface area contributed by atoms with Gasteiger partial charge in [0.15, 0.2) is 16.7 Å². The first kappa shape index (κ1) is 20.0. The van der Waals surface area contributed by atoms with Crippen LogP contribution in [0.15, 0.2) is 18.3 Å². The van der Waals surface area contributed by atoms with E-state index in [-0.39, 0.29) is 21.5 Å². The predicted molar refractivity (Wildman–Crippen MR) is 118 cm³/mol. The van der Waals surface area contributed by atoms with E-state index in [9.17, 15) is 9.32 Å². The lowest BCUT2D eigenvalue weighted by atomic mass is 10.1. The van der Waals surface area contributed by atoms with Crippen molar-refractivity contribution < 1.29 is 9.32 Å². The molecule has 2 fully saturated rings. The van der Waals surface area contributed by atoms with Crippen molar-refractivity contribution >= 4 is 50.9 Å². The molecule has 1 saturated heterocycles. The van der Waals surface area contributed by atoms with Gasteiger partial charge in [0.1, 0.15) is 5.82 Å². The average Bonchev–Trinajstić information content (AvgIpc) is 3.40. The largest absolute Gasteiger partial charge is 0.504 e. The van der Waals surface area contributed by atoms with Gasteiger partial charge in [-0.15, -0.1) is 0 Å². The van der Waals surface area contributed by atoms with Gasteiger partial charge in [-0.3, -0.25) is 0 Å². The number of hydrogen-bond donors (Lipinski definition) is 1. The van der Waals surface area contributed by atoms with E-state index in [0.717, 1.165) is 54.9 Å². The van der Waals surface area contributed by atoms with Gasteiger partial charge in [-0.05, 0) is 25.8 Å². The molecule has 1 saturated carbocycles. The number of piperazine rings is 1. The van der Waals surface area contributed by atoms with Crippen molar-refractivity contribution in [2.75, 3.05) is 30.8 Å². The van der Waals surface area contributed by atoms with Crippen molar-refractivity contribution in [3.05, 3.63) is 34.2 Å². The molecule has 11 heteroatoms. The molecule has 2 aliphatic rings. The Morgan fingerprint density at radius 1 is 1.20 bits per heavy atom. The molecule has 4 heterocycles. The number of rotatable bonds is 3. The smallest absolute Gasteiger partial charge is 0.174 e. The third-order valence-electron chi connectivity index (χ3n) is 5.93. The van der Waals surface area contributed by atoms with Crippen LogP contribution in [0.2, 0.25) is 10.2 Å².